The lowest BCUT2D eigenvalue weighted by atomic mass is 9.97. The second kappa shape index (κ2) is 8.76. The summed E-state index contributed by atoms with van der Waals surface area (Å²) < 4.78 is 28.3. The van der Waals surface area contributed by atoms with Crippen LogP contribution in [0, 0.1) is 6.92 Å². The van der Waals surface area contributed by atoms with Crippen molar-refractivity contribution >= 4 is 16.8 Å². The molecule has 0 bridgehead atoms. The monoisotopic (exact) mass is 419 g/mol. The van der Waals surface area contributed by atoms with Crippen LogP contribution in [0.5, 0.6) is 0 Å². The number of aromatic nitrogens is 3. The molecule has 158 valence electrons. The number of hydrogen-bond donors (Lipinski definition) is 0. The number of carbonyl (C=O) groups excluding carboxylic acids is 1. The molecule has 0 fully saturated rings. The van der Waals surface area contributed by atoms with Crippen molar-refractivity contribution in [2.24, 2.45) is 0 Å². The fourth-order valence-corrected chi connectivity index (χ4v) is 3.89. The largest absolute Gasteiger partial charge is 0.320 e. The molecular formula is C25H23F2N3O. The first-order valence-corrected chi connectivity index (χ1v) is 10.2. The summed E-state index contributed by atoms with van der Waals surface area (Å²) in [5.41, 5.74) is 4.87. The van der Waals surface area contributed by atoms with Crippen LogP contribution in [-0.2, 0) is 11.2 Å². The number of carbonyl (C=O) groups is 1. The molecule has 31 heavy (non-hydrogen) atoms. The highest BCUT2D eigenvalue weighted by atomic mass is 19.3. The van der Waals surface area contributed by atoms with Crippen molar-refractivity contribution in [1.82, 2.24) is 14.5 Å². The zero-order valence-corrected chi connectivity index (χ0v) is 17.4. The molecule has 4 nitrogen and oxygen atoms in total. The highest BCUT2D eigenvalue weighted by Crippen LogP contribution is 2.29. The highest BCUT2D eigenvalue weighted by molar-refractivity contribution is 5.82. The van der Waals surface area contributed by atoms with Crippen LogP contribution in [-0.4, -0.2) is 20.3 Å². The van der Waals surface area contributed by atoms with E-state index < -0.39 is 12.5 Å². The van der Waals surface area contributed by atoms with Crippen LogP contribution < -0.4 is 0 Å². The maximum Gasteiger partial charge on any atom is 0.320 e. The van der Waals surface area contributed by atoms with E-state index in [4.69, 9.17) is 0 Å². The fraction of sp³-hybridized carbons (Fsp3) is 0.240. The van der Waals surface area contributed by atoms with Gasteiger partial charge in [0.05, 0.1) is 11.0 Å². The summed E-state index contributed by atoms with van der Waals surface area (Å²) in [6.07, 6.45) is 2.19. The number of nitrogens with zero attached hydrogens (tertiary/aromatic N) is 3. The van der Waals surface area contributed by atoms with Gasteiger partial charge < -0.3 is 0 Å². The summed E-state index contributed by atoms with van der Waals surface area (Å²) in [6.45, 7) is 1.01. The predicted octanol–water partition coefficient (Wildman–Crippen LogP) is 6.11. The van der Waals surface area contributed by atoms with E-state index in [1.807, 2.05) is 43.3 Å². The molecule has 0 aliphatic rings. The average Bonchev–Trinajstić information content (AvgIpc) is 3.14. The van der Waals surface area contributed by atoms with E-state index in [1.54, 1.807) is 37.4 Å². The minimum Gasteiger partial charge on any atom is -0.299 e. The molecule has 1 unspecified atom stereocenters. The highest BCUT2D eigenvalue weighted by Gasteiger charge is 2.23. The SMILES string of the molecule is Cc1cc(-c2ccc(CC(=O)CC(C)c3nc4ccccc4n3C(F)F)cc2)ccn1. The molecular weight excluding hydrogens is 396 g/mol. The van der Waals surface area contributed by atoms with Gasteiger partial charge in [-0.15, -0.1) is 0 Å². The molecule has 0 saturated carbocycles. The topological polar surface area (TPSA) is 47.8 Å². The maximum absolute atomic E-state index is 13.7. The van der Waals surface area contributed by atoms with Crippen LogP contribution in [0.4, 0.5) is 8.78 Å². The van der Waals surface area contributed by atoms with Crippen LogP contribution in [0.25, 0.3) is 22.2 Å². The van der Waals surface area contributed by atoms with Crippen molar-refractivity contribution < 1.29 is 13.6 Å². The molecule has 0 aliphatic heterocycles. The standard InChI is InChI=1S/C25H23F2N3O/c1-16(24-29-22-5-3-4-6-23(22)30(24)25(26)27)13-21(31)15-18-7-9-19(10-8-18)20-11-12-28-17(2)14-20/h3-12,14,16,25H,13,15H2,1-2H3. The van der Waals surface area contributed by atoms with Crippen LogP contribution in [0.2, 0.25) is 0 Å². The Labute approximate surface area is 179 Å². The Bertz CT molecular complexity index is 1220. The van der Waals surface area contributed by atoms with Crippen molar-refractivity contribution in [3.63, 3.8) is 0 Å². The Morgan fingerprint density at radius 3 is 2.48 bits per heavy atom. The number of ketones is 1. The van der Waals surface area contributed by atoms with Crippen molar-refractivity contribution in [2.75, 3.05) is 0 Å². The molecule has 6 heteroatoms. The van der Waals surface area contributed by atoms with Gasteiger partial charge in [0.15, 0.2) is 0 Å². The molecule has 2 aromatic carbocycles. The Morgan fingerprint density at radius 2 is 1.77 bits per heavy atom. The molecule has 0 aliphatic carbocycles. The Hall–Kier alpha value is -3.41. The predicted molar refractivity (Wildman–Crippen MR) is 117 cm³/mol. The lowest BCUT2D eigenvalue weighted by Crippen LogP contribution is -2.13. The number of pyridine rings is 1. The lowest BCUT2D eigenvalue weighted by molar-refractivity contribution is -0.118. The summed E-state index contributed by atoms with van der Waals surface area (Å²) in [5.74, 6) is -0.172. The van der Waals surface area contributed by atoms with E-state index in [0.29, 0.717) is 11.0 Å². The van der Waals surface area contributed by atoms with E-state index in [9.17, 15) is 13.6 Å². The number of aryl methyl sites for hydroxylation is 1. The van der Waals surface area contributed by atoms with Crippen LogP contribution in [0.3, 0.4) is 0 Å². The molecule has 0 amide bonds. The number of rotatable bonds is 7. The molecule has 0 radical (unpaired) electrons. The second-order valence-electron chi connectivity index (χ2n) is 7.81. The van der Waals surface area contributed by atoms with E-state index in [2.05, 4.69) is 9.97 Å². The van der Waals surface area contributed by atoms with Gasteiger partial charge in [-0.2, -0.15) is 8.78 Å². The summed E-state index contributed by atoms with van der Waals surface area (Å²) in [7, 11) is 0. The van der Waals surface area contributed by atoms with Gasteiger partial charge in [-0.3, -0.25) is 14.3 Å². The third-order valence-electron chi connectivity index (χ3n) is 5.38. The van der Waals surface area contributed by atoms with E-state index >= 15 is 0 Å². The summed E-state index contributed by atoms with van der Waals surface area (Å²) in [6, 6.07) is 18.6. The first-order chi connectivity index (χ1) is 14.9. The molecule has 0 N–H and O–H groups in total. The minimum atomic E-state index is -2.70. The normalized spacial score (nSPS) is 12.4. The molecule has 4 aromatic rings. The van der Waals surface area contributed by atoms with E-state index in [-0.39, 0.29) is 24.4 Å². The Morgan fingerprint density at radius 1 is 1.03 bits per heavy atom. The van der Waals surface area contributed by atoms with E-state index in [1.165, 1.54) is 0 Å². The summed E-state index contributed by atoms with van der Waals surface area (Å²) in [4.78, 5) is 21.2. The van der Waals surface area contributed by atoms with Crippen molar-refractivity contribution in [3.8, 4) is 11.1 Å². The number of benzene rings is 2. The Kier molecular flexibility index (Phi) is 5.89. The number of halogens is 2. The van der Waals surface area contributed by atoms with Gasteiger partial charge in [-0.25, -0.2) is 4.98 Å². The van der Waals surface area contributed by atoms with Crippen LogP contribution >= 0.6 is 0 Å². The van der Waals surface area contributed by atoms with Gasteiger partial charge in [-0.1, -0.05) is 43.3 Å². The molecule has 2 aromatic heterocycles. The van der Waals surface area contributed by atoms with Gasteiger partial charge >= 0.3 is 6.55 Å². The summed E-state index contributed by atoms with van der Waals surface area (Å²) >= 11 is 0. The quantitative estimate of drug-likeness (QED) is 0.363. The smallest absolute Gasteiger partial charge is 0.299 e. The zero-order valence-electron chi connectivity index (χ0n) is 17.4. The maximum atomic E-state index is 13.7. The third kappa shape index (κ3) is 4.53. The van der Waals surface area contributed by atoms with Crippen molar-refractivity contribution in [3.05, 3.63) is 83.9 Å². The van der Waals surface area contributed by atoms with Gasteiger partial charge in [0.2, 0.25) is 0 Å². The number of alkyl halides is 2. The first kappa shape index (κ1) is 20.8. The number of hydrogen-bond acceptors (Lipinski definition) is 3. The van der Waals surface area contributed by atoms with Gasteiger partial charge in [0.1, 0.15) is 11.6 Å². The average molecular weight is 419 g/mol. The number of fused-ring (bicyclic) bond motifs is 1. The molecule has 1 atom stereocenters. The van der Waals surface area contributed by atoms with Crippen molar-refractivity contribution in [1.29, 1.82) is 0 Å². The van der Waals surface area contributed by atoms with Gasteiger partial charge in [0, 0.05) is 30.7 Å². The molecule has 0 saturated heterocycles. The van der Waals surface area contributed by atoms with Gasteiger partial charge in [-0.05, 0) is 47.9 Å². The minimum absolute atomic E-state index is 0.00659. The number of para-hydroxylation sites is 2. The lowest BCUT2D eigenvalue weighted by Gasteiger charge is -2.13. The summed E-state index contributed by atoms with van der Waals surface area (Å²) in [5, 5.41) is 0. The second-order valence-corrected chi connectivity index (χ2v) is 7.81. The molecule has 2 heterocycles. The molecule has 4 rings (SSSR count). The zero-order chi connectivity index (χ0) is 22.0. The first-order valence-electron chi connectivity index (χ1n) is 10.2. The van der Waals surface area contributed by atoms with Crippen molar-refractivity contribution in [2.45, 2.75) is 39.2 Å². The van der Waals surface area contributed by atoms with Crippen LogP contribution in [0.1, 0.15) is 42.9 Å². The van der Waals surface area contributed by atoms with Crippen LogP contribution in [0.15, 0.2) is 66.9 Å². The third-order valence-corrected chi connectivity index (χ3v) is 5.38. The fourth-order valence-electron chi connectivity index (χ4n) is 3.89. The van der Waals surface area contributed by atoms with E-state index in [0.717, 1.165) is 27.0 Å². The molecule has 0 spiro atoms. The number of Topliss-reactive ketones (excluding diaryl/α,β-unsaturated/α-hetero) is 1. The Balaban J connectivity index is 1.47. The van der Waals surface area contributed by atoms with Gasteiger partial charge in [0.25, 0.3) is 0 Å². The number of imidazole rings is 1.